The van der Waals surface area contributed by atoms with Gasteiger partial charge in [0.1, 0.15) is 6.17 Å². The molecule has 2 unspecified atom stereocenters. The van der Waals surface area contributed by atoms with Crippen LogP contribution in [0.5, 0.6) is 0 Å². The van der Waals surface area contributed by atoms with Crippen LogP contribution in [0, 0.1) is 12.8 Å². The lowest BCUT2D eigenvalue weighted by Crippen LogP contribution is -2.45. The summed E-state index contributed by atoms with van der Waals surface area (Å²) in [6, 6.07) is 31.9. The van der Waals surface area contributed by atoms with Gasteiger partial charge in [-0.2, -0.15) is 0 Å². The molecule has 2 heteroatoms. The van der Waals surface area contributed by atoms with Crippen LogP contribution in [0.1, 0.15) is 49.8 Å². The van der Waals surface area contributed by atoms with Crippen LogP contribution in [0.2, 0.25) is 0 Å². The van der Waals surface area contributed by atoms with E-state index >= 15 is 0 Å². The van der Waals surface area contributed by atoms with Crippen LogP contribution in [0.4, 0.5) is 11.4 Å². The Labute approximate surface area is 181 Å². The zero-order valence-corrected chi connectivity index (χ0v) is 18.1. The lowest BCUT2D eigenvalue weighted by atomic mass is 9.99. The monoisotopic (exact) mass is 396 g/mol. The summed E-state index contributed by atoms with van der Waals surface area (Å²) >= 11 is 0. The van der Waals surface area contributed by atoms with E-state index in [4.69, 9.17) is 0 Å². The molecule has 0 amide bonds. The van der Waals surface area contributed by atoms with E-state index in [2.05, 4.69) is 109 Å². The molecule has 0 aromatic heterocycles. The molecule has 0 spiro atoms. The number of anilines is 2. The minimum atomic E-state index is 0.332. The molecule has 0 radical (unpaired) electrons. The van der Waals surface area contributed by atoms with Crippen LogP contribution in [0.15, 0.2) is 84.9 Å². The fourth-order valence-corrected chi connectivity index (χ4v) is 5.85. The number of hydrogen-bond acceptors (Lipinski definition) is 2. The van der Waals surface area contributed by atoms with Crippen molar-refractivity contribution in [1.29, 1.82) is 0 Å². The molecule has 30 heavy (non-hydrogen) atoms. The quantitative estimate of drug-likeness (QED) is 0.470. The summed E-state index contributed by atoms with van der Waals surface area (Å²) < 4.78 is 0. The van der Waals surface area contributed by atoms with Gasteiger partial charge in [-0.15, -0.1) is 0 Å². The number of rotatable bonds is 4. The average molecular weight is 397 g/mol. The molecule has 0 N–H and O–H groups in total. The largest absolute Gasteiger partial charge is 0.346 e. The van der Waals surface area contributed by atoms with Gasteiger partial charge in [0.15, 0.2) is 0 Å². The molecule has 1 aliphatic heterocycles. The average Bonchev–Trinajstić information content (AvgIpc) is 3.41. The van der Waals surface area contributed by atoms with Crippen molar-refractivity contribution in [3.8, 4) is 0 Å². The first-order valence-electron chi connectivity index (χ1n) is 11.5. The fraction of sp³-hybridized carbons (Fsp3) is 0.357. The minimum absolute atomic E-state index is 0.332. The van der Waals surface area contributed by atoms with Gasteiger partial charge in [0.25, 0.3) is 0 Å². The Morgan fingerprint density at radius 1 is 0.700 bits per heavy atom. The van der Waals surface area contributed by atoms with Crippen molar-refractivity contribution in [2.45, 2.75) is 57.8 Å². The highest BCUT2D eigenvalue weighted by Gasteiger charge is 2.49. The number of benzene rings is 3. The van der Waals surface area contributed by atoms with E-state index in [0.29, 0.717) is 24.2 Å². The number of nitrogens with zero attached hydrogens (tertiary/aromatic N) is 2. The van der Waals surface area contributed by atoms with Crippen LogP contribution >= 0.6 is 0 Å². The first-order chi connectivity index (χ1) is 14.8. The van der Waals surface area contributed by atoms with Crippen molar-refractivity contribution < 1.29 is 0 Å². The summed E-state index contributed by atoms with van der Waals surface area (Å²) in [7, 11) is 0. The lowest BCUT2D eigenvalue weighted by molar-refractivity contribution is 0.423. The molecule has 3 aromatic carbocycles. The molecule has 2 fully saturated rings. The summed E-state index contributed by atoms with van der Waals surface area (Å²) in [5.74, 6) is 0.695. The SMILES string of the molecule is Cc1ccccc1N1C(C2CCCC2)N(c2ccccc2)C(c2ccccc2)[C@@H]1C. The van der Waals surface area contributed by atoms with Gasteiger partial charge in [0.05, 0.1) is 12.1 Å². The smallest absolute Gasteiger partial charge is 0.105 e. The van der Waals surface area contributed by atoms with E-state index in [1.807, 2.05) is 0 Å². The molecule has 1 saturated heterocycles. The highest BCUT2D eigenvalue weighted by atomic mass is 15.5. The van der Waals surface area contributed by atoms with E-state index in [-0.39, 0.29) is 0 Å². The Kier molecular flexibility index (Phi) is 5.25. The fourth-order valence-electron chi connectivity index (χ4n) is 5.85. The molecule has 154 valence electrons. The van der Waals surface area contributed by atoms with Gasteiger partial charge in [-0.05, 0) is 61.9 Å². The second-order valence-electron chi connectivity index (χ2n) is 8.99. The van der Waals surface area contributed by atoms with Gasteiger partial charge in [0, 0.05) is 11.4 Å². The third-order valence-corrected chi connectivity index (χ3v) is 7.18. The maximum atomic E-state index is 2.75. The van der Waals surface area contributed by atoms with Gasteiger partial charge < -0.3 is 9.80 Å². The zero-order chi connectivity index (χ0) is 20.5. The van der Waals surface area contributed by atoms with Crippen LogP contribution in [-0.4, -0.2) is 12.2 Å². The first kappa shape index (κ1) is 19.2. The molecule has 2 nitrogen and oxygen atoms in total. The van der Waals surface area contributed by atoms with Crippen molar-refractivity contribution in [3.63, 3.8) is 0 Å². The van der Waals surface area contributed by atoms with Gasteiger partial charge in [-0.1, -0.05) is 79.6 Å². The molecule has 3 atom stereocenters. The van der Waals surface area contributed by atoms with Crippen molar-refractivity contribution in [3.05, 3.63) is 96.1 Å². The molecule has 3 aromatic rings. The van der Waals surface area contributed by atoms with E-state index < -0.39 is 0 Å². The lowest BCUT2D eigenvalue weighted by Gasteiger charge is -2.39. The highest BCUT2D eigenvalue weighted by molar-refractivity contribution is 5.63. The topological polar surface area (TPSA) is 6.48 Å². The molecule has 0 bridgehead atoms. The molecule has 1 heterocycles. The van der Waals surface area contributed by atoms with Crippen LogP contribution in [0.3, 0.4) is 0 Å². The van der Waals surface area contributed by atoms with E-state index in [0.717, 1.165) is 0 Å². The summed E-state index contributed by atoms with van der Waals surface area (Å²) in [5, 5.41) is 0. The molecule has 5 rings (SSSR count). The Morgan fingerprint density at radius 2 is 1.30 bits per heavy atom. The third kappa shape index (κ3) is 3.29. The van der Waals surface area contributed by atoms with Gasteiger partial charge >= 0.3 is 0 Å². The van der Waals surface area contributed by atoms with E-state index in [1.165, 1.54) is 48.2 Å². The Bertz CT molecular complexity index is 962. The summed E-state index contributed by atoms with van der Waals surface area (Å²) in [6.45, 7) is 4.69. The van der Waals surface area contributed by atoms with Crippen LogP contribution < -0.4 is 9.80 Å². The van der Waals surface area contributed by atoms with Gasteiger partial charge in [0.2, 0.25) is 0 Å². The van der Waals surface area contributed by atoms with E-state index in [1.54, 1.807) is 0 Å². The Morgan fingerprint density at radius 3 is 1.97 bits per heavy atom. The van der Waals surface area contributed by atoms with Gasteiger partial charge in [-0.3, -0.25) is 0 Å². The maximum absolute atomic E-state index is 2.75. The standard InChI is InChI=1S/C28H32N2/c1-21-13-9-12-20-26(21)29-22(2)27(23-14-5-3-6-15-23)30(25-18-7-4-8-19-25)28(29)24-16-10-11-17-24/h3-9,12-15,18-20,22,24,27-28H,10-11,16-17H2,1-2H3/t22-,27?,28?/m0/s1. The second-order valence-corrected chi connectivity index (χ2v) is 8.99. The first-order valence-corrected chi connectivity index (χ1v) is 11.5. The summed E-state index contributed by atoms with van der Waals surface area (Å²) in [5.41, 5.74) is 5.51. The van der Waals surface area contributed by atoms with E-state index in [9.17, 15) is 0 Å². The van der Waals surface area contributed by atoms with Crippen LogP contribution in [-0.2, 0) is 0 Å². The normalized spacial score (nSPS) is 24.5. The molecular weight excluding hydrogens is 364 g/mol. The predicted octanol–water partition coefficient (Wildman–Crippen LogP) is 6.97. The molecule has 2 aliphatic rings. The summed E-state index contributed by atoms with van der Waals surface area (Å²) in [6.07, 6.45) is 5.75. The Hall–Kier alpha value is -2.74. The molecular formula is C28H32N2. The number of aryl methyl sites for hydroxylation is 1. The maximum Gasteiger partial charge on any atom is 0.105 e. The van der Waals surface area contributed by atoms with Crippen molar-refractivity contribution in [2.75, 3.05) is 9.80 Å². The number of hydrogen-bond donors (Lipinski definition) is 0. The molecule has 1 aliphatic carbocycles. The predicted molar refractivity (Wildman–Crippen MR) is 127 cm³/mol. The second kappa shape index (κ2) is 8.18. The minimum Gasteiger partial charge on any atom is -0.346 e. The number of para-hydroxylation sites is 2. The van der Waals surface area contributed by atoms with Crippen molar-refractivity contribution in [1.82, 2.24) is 0 Å². The van der Waals surface area contributed by atoms with Crippen LogP contribution in [0.25, 0.3) is 0 Å². The third-order valence-electron chi connectivity index (χ3n) is 7.18. The van der Waals surface area contributed by atoms with Gasteiger partial charge in [-0.25, -0.2) is 0 Å². The summed E-state index contributed by atoms with van der Waals surface area (Å²) in [4.78, 5) is 5.48. The van der Waals surface area contributed by atoms with Crippen molar-refractivity contribution >= 4 is 11.4 Å². The van der Waals surface area contributed by atoms with Crippen molar-refractivity contribution in [2.24, 2.45) is 5.92 Å². The molecule has 1 saturated carbocycles. The zero-order valence-electron chi connectivity index (χ0n) is 18.1. The Balaban J connectivity index is 1.69. The highest BCUT2D eigenvalue weighted by Crippen LogP contribution is 2.48.